The predicted molar refractivity (Wildman–Crippen MR) is 236 cm³/mol. The summed E-state index contributed by atoms with van der Waals surface area (Å²) in [6, 6.07) is -0.725. The lowest BCUT2D eigenvalue weighted by molar-refractivity contribution is -0.151. The van der Waals surface area contributed by atoms with Gasteiger partial charge in [-0.25, -0.2) is 0 Å². The van der Waals surface area contributed by atoms with E-state index in [1.54, 1.807) is 0 Å². The van der Waals surface area contributed by atoms with Crippen LogP contribution in [0.4, 0.5) is 0 Å². The van der Waals surface area contributed by atoms with E-state index in [1.165, 1.54) is 96.3 Å². The Morgan fingerprint density at radius 1 is 0.545 bits per heavy atom. The highest BCUT2D eigenvalue weighted by Crippen LogP contribution is 2.16. The Hall–Kier alpha value is -2.70. The molecule has 3 N–H and O–H groups in total. The lowest BCUT2D eigenvalue weighted by Gasteiger charge is -2.24. The molecule has 0 aromatic heterocycles. The topological polar surface area (TPSA) is 95.9 Å². The van der Waals surface area contributed by atoms with E-state index in [1.807, 2.05) is 54.7 Å². The van der Waals surface area contributed by atoms with Crippen LogP contribution in [0, 0.1) is 0 Å². The van der Waals surface area contributed by atoms with Crippen LogP contribution in [0.3, 0.4) is 0 Å². The van der Waals surface area contributed by atoms with Crippen molar-refractivity contribution in [1.29, 1.82) is 0 Å². The summed E-state index contributed by atoms with van der Waals surface area (Å²) in [4.78, 5) is 25.9. The molecular weight excluding hydrogens is 683 g/mol. The van der Waals surface area contributed by atoms with Crippen molar-refractivity contribution in [3.05, 3.63) is 72.9 Å². The fourth-order valence-corrected chi connectivity index (χ4v) is 6.46. The molecule has 0 aromatic carbocycles. The summed E-state index contributed by atoms with van der Waals surface area (Å²) in [5.74, 6) is -0.598. The minimum Gasteiger partial charge on any atom is -0.462 e. The van der Waals surface area contributed by atoms with E-state index in [0.29, 0.717) is 19.3 Å². The van der Waals surface area contributed by atoms with Crippen molar-refractivity contribution in [1.82, 2.24) is 5.32 Å². The molecular formula is C49H85NO5. The first-order valence-electron chi connectivity index (χ1n) is 22.7. The highest BCUT2D eigenvalue weighted by molar-refractivity contribution is 5.77. The minimum atomic E-state index is -0.807. The lowest BCUT2D eigenvalue weighted by Crippen LogP contribution is -2.46. The molecule has 0 heterocycles. The van der Waals surface area contributed by atoms with Gasteiger partial charge in [0.15, 0.2) is 0 Å². The zero-order valence-electron chi connectivity index (χ0n) is 35.8. The normalized spacial score (nSPS) is 14.1. The smallest absolute Gasteiger partial charge is 0.306 e. The van der Waals surface area contributed by atoms with Crippen LogP contribution in [-0.2, 0) is 14.3 Å². The third kappa shape index (κ3) is 38.0. The molecule has 6 nitrogen and oxygen atoms in total. The standard InChI is InChI=1S/C49H85NO5/c1-4-7-10-13-16-19-22-24-27-30-33-36-39-42-49(54)55-45(40-37-34-31-28-25-21-18-15-12-9-6-3)43-48(53)50-46(44-51)47(52)41-38-35-32-29-26-23-20-17-14-11-8-5-2/h7,10,13,16,19,22,24,27-28,30-31,33,45-47,51-52H,4-6,8-9,11-12,14-15,17-18,20-21,23,25-26,29,32,34-44H2,1-3H3,(H,50,53)/b10-7+,16-13+,22-19-,27-24-,31-28-,33-30+. The second-order valence-corrected chi connectivity index (χ2v) is 15.2. The molecule has 0 aliphatic rings. The van der Waals surface area contributed by atoms with Gasteiger partial charge >= 0.3 is 5.97 Å². The molecule has 0 radical (unpaired) electrons. The predicted octanol–water partition coefficient (Wildman–Crippen LogP) is 13.1. The summed E-state index contributed by atoms with van der Waals surface area (Å²) in [6.07, 6.45) is 52.5. The van der Waals surface area contributed by atoms with E-state index in [-0.39, 0.29) is 31.3 Å². The van der Waals surface area contributed by atoms with Gasteiger partial charge in [-0.05, 0) is 57.8 Å². The Labute approximate surface area is 339 Å². The number of esters is 1. The van der Waals surface area contributed by atoms with Gasteiger partial charge in [-0.15, -0.1) is 0 Å². The number of carbonyl (C=O) groups excluding carboxylic acids is 2. The van der Waals surface area contributed by atoms with Crippen molar-refractivity contribution in [3.8, 4) is 0 Å². The Kier molecular flexibility index (Phi) is 40.4. The van der Waals surface area contributed by atoms with E-state index in [2.05, 4.69) is 44.3 Å². The molecule has 0 bridgehead atoms. The molecule has 0 spiro atoms. The molecule has 0 saturated heterocycles. The molecule has 3 unspecified atom stereocenters. The number of aliphatic hydroxyl groups is 2. The van der Waals surface area contributed by atoms with E-state index >= 15 is 0 Å². The van der Waals surface area contributed by atoms with Crippen LogP contribution in [0.1, 0.15) is 201 Å². The van der Waals surface area contributed by atoms with E-state index in [0.717, 1.165) is 51.4 Å². The highest BCUT2D eigenvalue weighted by atomic mass is 16.5. The lowest BCUT2D eigenvalue weighted by atomic mass is 10.0. The van der Waals surface area contributed by atoms with Gasteiger partial charge in [0.2, 0.25) is 5.91 Å². The van der Waals surface area contributed by atoms with Crippen LogP contribution in [-0.4, -0.2) is 46.9 Å². The van der Waals surface area contributed by atoms with Crippen LogP contribution in [0.2, 0.25) is 0 Å². The quantitative estimate of drug-likeness (QED) is 0.0250. The van der Waals surface area contributed by atoms with Crippen LogP contribution in [0.25, 0.3) is 0 Å². The molecule has 0 aromatic rings. The number of hydrogen-bond acceptors (Lipinski definition) is 5. The zero-order valence-corrected chi connectivity index (χ0v) is 35.8. The molecule has 3 atom stereocenters. The first-order chi connectivity index (χ1) is 27.0. The number of ether oxygens (including phenoxy) is 1. The monoisotopic (exact) mass is 768 g/mol. The molecule has 0 aliphatic carbocycles. The second-order valence-electron chi connectivity index (χ2n) is 15.2. The maximum atomic E-state index is 13.1. The van der Waals surface area contributed by atoms with Gasteiger partial charge in [-0.3, -0.25) is 9.59 Å². The van der Waals surface area contributed by atoms with Crippen LogP contribution >= 0.6 is 0 Å². The summed E-state index contributed by atoms with van der Waals surface area (Å²) in [5, 5.41) is 23.6. The SMILES string of the molecule is CC/C=C/C=C/C=C\C=C/C=C/CCCC(=O)OC(CCC/C=C\CCCCCCCC)CC(=O)NC(CO)C(O)CCCCCCCCCCCCCC. The summed E-state index contributed by atoms with van der Waals surface area (Å²) < 4.78 is 5.84. The van der Waals surface area contributed by atoms with Gasteiger partial charge in [0.1, 0.15) is 6.10 Å². The molecule has 55 heavy (non-hydrogen) atoms. The maximum Gasteiger partial charge on any atom is 0.306 e. The number of nitrogens with one attached hydrogen (secondary N) is 1. The van der Waals surface area contributed by atoms with Crippen molar-refractivity contribution in [2.24, 2.45) is 0 Å². The van der Waals surface area contributed by atoms with Crippen molar-refractivity contribution in [3.63, 3.8) is 0 Å². The number of aliphatic hydroxyl groups excluding tert-OH is 2. The molecule has 1 amide bonds. The van der Waals surface area contributed by atoms with Gasteiger partial charge < -0.3 is 20.3 Å². The molecule has 0 rings (SSSR count). The zero-order chi connectivity index (χ0) is 40.3. The fourth-order valence-electron chi connectivity index (χ4n) is 6.46. The van der Waals surface area contributed by atoms with Gasteiger partial charge in [0.25, 0.3) is 0 Å². The molecule has 6 heteroatoms. The number of rotatable bonds is 39. The second kappa shape index (κ2) is 42.4. The van der Waals surface area contributed by atoms with Gasteiger partial charge in [-0.2, -0.15) is 0 Å². The average Bonchev–Trinajstić information content (AvgIpc) is 3.18. The van der Waals surface area contributed by atoms with Crippen LogP contribution < -0.4 is 5.32 Å². The van der Waals surface area contributed by atoms with E-state index in [4.69, 9.17) is 4.74 Å². The first-order valence-corrected chi connectivity index (χ1v) is 22.7. The minimum absolute atomic E-state index is 0.0251. The summed E-state index contributed by atoms with van der Waals surface area (Å²) in [7, 11) is 0. The van der Waals surface area contributed by atoms with Crippen molar-refractivity contribution < 1.29 is 24.5 Å². The summed E-state index contributed by atoms with van der Waals surface area (Å²) >= 11 is 0. The van der Waals surface area contributed by atoms with Gasteiger partial charge in [-0.1, -0.05) is 203 Å². The average molecular weight is 768 g/mol. The largest absolute Gasteiger partial charge is 0.462 e. The Morgan fingerprint density at radius 3 is 1.56 bits per heavy atom. The third-order valence-corrected chi connectivity index (χ3v) is 9.90. The summed E-state index contributed by atoms with van der Waals surface area (Å²) in [6.45, 7) is 6.28. The molecule has 0 saturated carbocycles. The highest BCUT2D eigenvalue weighted by Gasteiger charge is 2.23. The fraction of sp³-hybridized carbons (Fsp3) is 0.714. The van der Waals surface area contributed by atoms with Crippen LogP contribution in [0.15, 0.2) is 72.9 Å². The molecule has 0 fully saturated rings. The van der Waals surface area contributed by atoms with Crippen molar-refractivity contribution >= 4 is 11.9 Å². The Balaban J connectivity index is 4.74. The Morgan fingerprint density at radius 2 is 1.02 bits per heavy atom. The maximum absolute atomic E-state index is 13.1. The van der Waals surface area contributed by atoms with Crippen molar-refractivity contribution in [2.75, 3.05) is 6.61 Å². The summed E-state index contributed by atoms with van der Waals surface area (Å²) in [5.41, 5.74) is 0. The van der Waals surface area contributed by atoms with Gasteiger partial charge in [0.05, 0.1) is 25.2 Å². The number of allylic oxidation sites excluding steroid dienone is 12. The number of carbonyl (C=O) groups is 2. The van der Waals surface area contributed by atoms with Crippen LogP contribution in [0.5, 0.6) is 0 Å². The molecule has 316 valence electrons. The van der Waals surface area contributed by atoms with E-state index in [9.17, 15) is 19.8 Å². The van der Waals surface area contributed by atoms with Gasteiger partial charge in [0, 0.05) is 6.42 Å². The Bertz CT molecular complexity index is 1040. The first kappa shape index (κ1) is 52.3. The number of unbranched alkanes of at least 4 members (excludes halogenated alkanes) is 19. The number of hydrogen-bond donors (Lipinski definition) is 3. The van der Waals surface area contributed by atoms with Crippen molar-refractivity contribution in [2.45, 2.75) is 219 Å². The van der Waals surface area contributed by atoms with E-state index < -0.39 is 18.2 Å². The third-order valence-electron chi connectivity index (χ3n) is 9.90. The number of amides is 1. The molecule has 0 aliphatic heterocycles.